The molecule has 70 valence electrons. The minimum atomic E-state index is -1.12. The van der Waals surface area contributed by atoms with Crippen molar-refractivity contribution in [3.8, 4) is 0 Å². The molecule has 0 aromatic carbocycles. The average Bonchev–Trinajstić information content (AvgIpc) is 1.85. The maximum absolute atomic E-state index is 10.7. The number of carboxylic acid groups (broad SMARTS) is 1. The normalized spacial score (nSPS) is 15.2. The summed E-state index contributed by atoms with van der Waals surface area (Å²) in [6.45, 7) is 3.67. The maximum atomic E-state index is 10.7. The van der Waals surface area contributed by atoms with Crippen molar-refractivity contribution in [3.63, 3.8) is 0 Å². The van der Waals surface area contributed by atoms with Gasteiger partial charge < -0.3 is 10.8 Å². The van der Waals surface area contributed by atoms with Gasteiger partial charge in [0.2, 0.25) is 5.91 Å². The fraction of sp³-hybridized carbons (Fsp3) is 0.750. The highest BCUT2D eigenvalue weighted by Gasteiger charge is 2.29. The van der Waals surface area contributed by atoms with Gasteiger partial charge in [0.15, 0.2) is 0 Å². The molecule has 4 nitrogen and oxygen atoms in total. The molecule has 0 aliphatic carbocycles. The molecular weight excluding hydrogens is 158 g/mol. The van der Waals surface area contributed by atoms with Crippen LogP contribution in [0.2, 0.25) is 0 Å². The van der Waals surface area contributed by atoms with Crippen molar-refractivity contribution in [1.82, 2.24) is 0 Å². The molecule has 0 heterocycles. The number of carbonyl (C=O) groups excluding carboxylic acids is 1. The zero-order valence-electron chi connectivity index (χ0n) is 7.41. The van der Waals surface area contributed by atoms with Crippen LogP contribution in [0.1, 0.15) is 26.7 Å². The summed E-state index contributed by atoms with van der Waals surface area (Å²) in [6.07, 6.45) is 1.57. The van der Waals surface area contributed by atoms with Gasteiger partial charge in [0.25, 0.3) is 0 Å². The third kappa shape index (κ3) is 2.90. The third-order valence-corrected chi connectivity index (χ3v) is 1.89. The predicted molar refractivity (Wildman–Crippen MR) is 44.4 cm³/mol. The van der Waals surface area contributed by atoms with Crippen LogP contribution in [0.15, 0.2) is 0 Å². The second-order valence-electron chi connectivity index (χ2n) is 2.98. The molecule has 2 unspecified atom stereocenters. The van der Waals surface area contributed by atoms with Crippen LogP contribution in [0.4, 0.5) is 0 Å². The number of amides is 1. The average molecular weight is 173 g/mol. The first-order valence-corrected chi connectivity index (χ1v) is 4.02. The summed E-state index contributed by atoms with van der Waals surface area (Å²) in [5, 5.41) is 8.64. The topological polar surface area (TPSA) is 80.4 Å². The van der Waals surface area contributed by atoms with E-state index in [0.717, 1.165) is 6.42 Å². The smallest absolute Gasteiger partial charge is 0.316 e. The molecule has 0 saturated carbocycles. The van der Waals surface area contributed by atoms with Gasteiger partial charge in [-0.1, -0.05) is 20.3 Å². The molecule has 1 amide bonds. The first-order valence-electron chi connectivity index (χ1n) is 4.02. The summed E-state index contributed by atoms with van der Waals surface area (Å²) in [5.74, 6) is -3.08. The van der Waals surface area contributed by atoms with Gasteiger partial charge in [-0.15, -0.1) is 0 Å². The Morgan fingerprint density at radius 2 is 2.00 bits per heavy atom. The molecule has 0 saturated heterocycles. The summed E-state index contributed by atoms with van der Waals surface area (Å²) in [4.78, 5) is 21.3. The van der Waals surface area contributed by atoms with E-state index in [-0.39, 0.29) is 5.92 Å². The van der Waals surface area contributed by atoms with Crippen LogP contribution in [0.3, 0.4) is 0 Å². The summed E-state index contributed by atoms with van der Waals surface area (Å²) in [7, 11) is 0. The van der Waals surface area contributed by atoms with E-state index >= 15 is 0 Å². The van der Waals surface area contributed by atoms with E-state index in [0.29, 0.717) is 6.42 Å². The first kappa shape index (κ1) is 10.9. The van der Waals surface area contributed by atoms with Crippen molar-refractivity contribution in [2.45, 2.75) is 26.7 Å². The fourth-order valence-electron chi connectivity index (χ4n) is 1.27. The van der Waals surface area contributed by atoms with Crippen molar-refractivity contribution >= 4 is 11.9 Å². The van der Waals surface area contributed by atoms with Crippen LogP contribution in [0.5, 0.6) is 0 Å². The van der Waals surface area contributed by atoms with Crippen LogP contribution in [-0.4, -0.2) is 17.0 Å². The van der Waals surface area contributed by atoms with Gasteiger partial charge in [0, 0.05) is 0 Å². The monoisotopic (exact) mass is 173 g/mol. The lowest BCUT2D eigenvalue weighted by Gasteiger charge is -2.15. The first-order chi connectivity index (χ1) is 5.50. The number of hydrogen-bond acceptors (Lipinski definition) is 2. The highest BCUT2D eigenvalue weighted by Crippen LogP contribution is 2.16. The lowest BCUT2D eigenvalue weighted by Crippen LogP contribution is -2.35. The molecule has 2 atom stereocenters. The van der Waals surface area contributed by atoms with E-state index in [1.54, 1.807) is 6.92 Å². The number of carbonyl (C=O) groups is 2. The van der Waals surface area contributed by atoms with Crippen molar-refractivity contribution in [2.75, 3.05) is 0 Å². The standard InChI is InChI=1S/C8H15NO3/c1-3-4-5(2)6(7(9)10)8(11)12/h5-6H,3-4H2,1-2H3,(H2,9,10)(H,11,12). The van der Waals surface area contributed by atoms with Crippen molar-refractivity contribution in [2.24, 2.45) is 17.6 Å². The Morgan fingerprint density at radius 1 is 1.50 bits per heavy atom. The highest BCUT2D eigenvalue weighted by atomic mass is 16.4. The SMILES string of the molecule is CCCC(C)C(C(N)=O)C(=O)O. The van der Waals surface area contributed by atoms with Gasteiger partial charge in [0.1, 0.15) is 5.92 Å². The molecular formula is C8H15NO3. The predicted octanol–water partition coefficient (Wildman–Crippen LogP) is 0.609. The number of primary amides is 1. The van der Waals surface area contributed by atoms with E-state index in [1.807, 2.05) is 6.92 Å². The molecule has 12 heavy (non-hydrogen) atoms. The molecule has 0 aliphatic heterocycles. The molecule has 0 aromatic rings. The van der Waals surface area contributed by atoms with Gasteiger partial charge in [-0.25, -0.2) is 0 Å². The van der Waals surface area contributed by atoms with Crippen LogP contribution in [-0.2, 0) is 9.59 Å². The van der Waals surface area contributed by atoms with Gasteiger partial charge >= 0.3 is 5.97 Å². The van der Waals surface area contributed by atoms with E-state index < -0.39 is 17.8 Å². The second kappa shape index (κ2) is 4.74. The number of nitrogens with two attached hydrogens (primary N) is 1. The quantitative estimate of drug-likeness (QED) is 0.597. The van der Waals surface area contributed by atoms with Crippen LogP contribution >= 0.6 is 0 Å². The van der Waals surface area contributed by atoms with Gasteiger partial charge in [0.05, 0.1) is 0 Å². The Hall–Kier alpha value is -1.06. The molecule has 3 N–H and O–H groups in total. The lowest BCUT2D eigenvalue weighted by molar-refractivity contribution is -0.148. The fourth-order valence-corrected chi connectivity index (χ4v) is 1.27. The zero-order valence-corrected chi connectivity index (χ0v) is 7.41. The van der Waals surface area contributed by atoms with Crippen LogP contribution < -0.4 is 5.73 Å². The van der Waals surface area contributed by atoms with Gasteiger partial charge in [-0.05, 0) is 12.3 Å². The molecule has 0 fully saturated rings. The Kier molecular flexibility index (Phi) is 4.33. The third-order valence-electron chi connectivity index (χ3n) is 1.89. The summed E-state index contributed by atoms with van der Waals surface area (Å²) < 4.78 is 0. The molecule has 0 bridgehead atoms. The molecule has 0 spiro atoms. The molecule has 0 aliphatic rings. The Labute approximate surface area is 71.8 Å². The lowest BCUT2D eigenvalue weighted by atomic mass is 9.90. The molecule has 4 heteroatoms. The van der Waals surface area contributed by atoms with E-state index in [1.165, 1.54) is 0 Å². The minimum absolute atomic E-state index is 0.176. The second-order valence-corrected chi connectivity index (χ2v) is 2.98. The Morgan fingerprint density at radius 3 is 2.25 bits per heavy atom. The maximum Gasteiger partial charge on any atom is 0.316 e. The minimum Gasteiger partial charge on any atom is -0.481 e. The van der Waals surface area contributed by atoms with E-state index in [9.17, 15) is 9.59 Å². The summed E-state index contributed by atoms with van der Waals surface area (Å²) in [6, 6.07) is 0. The van der Waals surface area contributed by atoms with Gasteiger partial charge in [-0.3, -0.25) is 9.59 Å². The van der Waals surface area contributed by atoms with Crippen LogP contribution in [0.25, 0.3) is 0 Å². The van der Waals surface area contributed by atoms with Crippen LogP contribution in [0, 0.1) is 11.8 Å². The number of rotatable bonds is 5. The largest absolute Gasteiger partial charge is 0.481 e. The van der Waals surface area contributed by atoms with E-state index in [4.69, 9.17) is 10.8 Å². The molecule has 0 radical (unpaired) electrons. The molecule has 0 rings (SSSR count). The van der Waals surface area contributed by atoms with Gasteiger partial charge in [-0.2, -0.15) is 0 Å². The number of hydrogen-bond donors (Lipinski definition) is 2. The Balaban J connectivity index is 4.29. The zero-order chi connectivity index (χ0) is 9.72. The number of aliphatic carboxylic acids is 1. The summed E-state index contributed by atoms with van der Waals surface area (Å²) in [5.41, 5.74) is 4.95. The molecule has 0 aromatic heterocycles. The highest BCUT2D eigenvalue weighted by molar-refractivity contribution is 5.96. The summed E-state index contributed by atoms with van der Waals surface area (Å²) >= 11 is 0. The van der Waals surface area contributed by atoms with Crippen molar-refractivity contribution in [1.29, 1.82) is 0 Å². The number of carboxylic acids is 1. The van der Waals surface area contributed by atoms with Crippen molar-refractivity contribution < 1.29 is 14.7 Å². The van der Waals surface area contributed by atoms with E-state index in [2.05, 4.69) is 0 Å². The van der Waals surface area contributed by atoms with Crippen molar-refractivity contribution in [3.05, 3.63) is 0 Å². The Bertz CT molecular complexity index is 165.